The number of carboxylic acids is 1. The quantitative estimate of drug-likeness (QED) is 0.628. The summed E-state index contributed by atoms with van der Waals surface area (Å²) < 4.78 is 3.91. The monoisotopic (exact) mass is 319 g/mol. The molecule has 2 aromatic carbocycles. The van der Waals surface area contributed by atoms with E-state index in [9.17, 15) is 9.90 Å². The van der Waals surface area contributed by atoms with Gasteiger partial charge >= 0.3 is 5.97 Å². The second-order valence-electron chi connectivity index (χ2n) is 6.15. The number of nitrogens with zero attached hydrogens (tertiary/aromatic N) is 3. The minimum atomic E-state index is -0.916. The van der Waals surface area contributed by atoms with Crippen molar-refractivity contribution in [2.75, 3.05) is 0 Å². The van der Waals surface area contributed by atoms with Crippen LogP contribution in [0.25, 0.3) is 21.9 Å². The molecule has 0 amide bonds. The molecule has 5 nitrogen and oxygen atoms in total. The van der Waals surface area contributed by atoms with E-state index in [0.29, 0.717) is 12.1 Å². The van der Waals surface area contributed by atoms with Crippen molar-refractivity contribution in [1.29, 1.82) is 0 Å². The molecule has 120 valence electrons. The lowest BCUT2D eigenvalue weighted by Crippen LogP contribution is -2.02. The number of aryl methyl sites for hydroxylation is 2. The number of hydrogen-bond acceptors (Lipinski definition) is 2. The molecular weight excluding hydrogens is 302 g/mol. The Bertz CT molecular complexity index is 1070. The highest BCUT2D eigenvalue weighted by Gasteiger charge is 2.16. The molecule has 4 rings (SSSR count). The van der Waals surface area contributed by atoms with Crippen LogP contribution in [0, 0.1) is 6.92 Å². The van der Waals surface area contributed by atoms with E-state index in [1.165, 1.54) is 11.1 Å². The van der Waals surface area contributed by atoms with Crippen LogP contribution in [0.1, 0.15) is 21.5 Å². The van der Waals surface area contributed by atoms with E-state index in [4.69, 9.17) is 0 Å². The highest BCUT2D eigenvalue weighted by atomic mass is 16.4. The summed E-state index contributed by atoms with van der Waals surface area (Å²) in [5, 5.41) is 15.7. The molecule has 0 fully saturated rings. The van der Waals surface area contributed by atoms with Gasteiger partial charge in [-0.2, -0.15) is 5.10 Å². The Kier molecular flexibility index (Phi) is 3.16. The van der Waals surface area contributed by atoms with Crippen LogP contribution in [0.5, 0.6) is 0 Å². The zero-order chi connectivity index (χ0) is 16.8. The summed E-state index contributed by atoms with van der Waals surface area (Å²) in [5.41, 5.74) is 4.58. The molecule has 0 radical (unpaired) electrons. The fraction of sp³-hybridized carbons (Fsp3) is 0.158. The molecular formula is C19H17N3O2. The van der Waals surface area contributed by atoms with E-state index >= 15 is 0 Å². The summed E-state index contributed by atoms with van der Waals surface area (Å²) in [5.74, 6) is -0.916. The van der Waals surface area contributed by atoms with Crippen LogP contribution in [-0.4, -0.2) is 25.4 Å². The first kappa shape index (κ1) is 14.5. The molecule has 2 heterocycles. The Morgan fingerprint density at radius 2 is 1.88 bits per heavy atom. The standard InChI is InChI=1S/C19H17N3O2/c1-12-3-5-13(6-4-12)10-22-17-8-7-14(19(23)24)9-15(17)16-11-21(2)20-18(16)22/h3-9,11H,10H2,1-2H3,(H,23,24). The molecule has 0 aliphatic rings. The maximum Gasteiger partial charge on any atom is 0.335 e. The lowest BCUT2D eigenvalue weighted by Gasteiger charge is -2.07. The van der Waals surface area contributed by atoms with Crippen LogP contribution in [0.4, 0.5) is 0 Å². The predicted molar refractivity (Wildman–Crippen MR) is 93.5 cm³/mol. The summed E-state index contributed by atoms with van der Waals surface area (Å²) in [6.45, 7) is 2.77. The van der Waals surface area contributed by atoms with Gasteiger partial charge in [-0.05, 0) is 30.7 Å². The zero-order valence-electron chi connectivity index (χ0n) is 13.5. The van der Waals surface area contributed by atoms with Crippen molar-refractivity contribution in [3.63, 3.8) is 0 Å². The molecule has 2 aromatic heterocycles. The number of carboxylic acid groups (broad SMARTS) is 1. The van der Waals surface area contributed by atoms with Crippen molar-refractivity contribution in [2.45, 2.75) is 13.5 Å². The normalized spacial score (nSPS) is 11.4. The second kappa shape index (κ2) is 5.23. The van der Waals surface area contributed by atoms with Gasteiger partial charge in [-0.1, -0.05) is 29.8 Å². The molecule has 0 unspecified atom stereocenters. The number of carbonyl (C=O) groups is 1. The van der Waals surface area contributed by atoms with Gasteiger partial charge in [0, 0.05) is 30.6 Å². The minimum absolute atomic E-state index is 0.292. The lowest BCUT2D eigenvalue weighted by molar-refractivity contribution is 0.0697. The molecule has 0 saturated heterocycles. The fourth-order valence-electron chi connectivity index (χ4n) is 3.14. The highest BCUT2D eigenvalue weighted by molar-refractivity contribution is 6.08. The van der Waals surface area contributed by atoms with Crippen LogP contribution >= 0.6 is 0 Å². The van der Waals surface area contributed by atoms with Crippen molar-refractivity contribution < 1.29 is 9.90 Å². The topological polar surface area (TPSA) is 60.1 Å². The Morgan fingerprint density at radius 1 is 1.12 bits per heavy atom. The van der Waals surface area contributed by atoms with Crippen LogP contribution < -0.4 is 0 Å². The average molecular weight is 319 g/mol. The van der Waals surface area contributed by atoms with Gasteiger partial charge in [0.05, 0.1) is 11.1 Å². The molecule has 4 aromatic rings. The molecule has 24 heavy (non-hydrogen) atoms. The molecule has 0 atom stereocenters. The number of fused-ring (bicyclic) bond motifs is 3. The van der Waals surface area contributed by atoms with Gasteiger partial charge in [0.15, 0.2) is 5.65 Å². The third kappa shape index (κ3) is 2.25. The Labute approximate surface area is 138 Å². The van der Waals surface area contributed by atoms with Gasteiger partial charge in [0.1, 0.15) is 0 Å². The van der Waals surface area contributed by atoms with Crippen molar-refractivity contribution >= 4 is 27.9 Å². The summed E-state index contributed by atoms with van der Waals surface area (Å²) in [6.07, 6.45) is 1.94. The SMILES string of the molecule is Cc1ccc(Cn2c3ccc(C(=O)O)cc3c3cn(C)nc32)cc1. The van der Waals surface area contributed by atoms with Gasteiger partial charge in [0.25, 0.3) is 0 Å². The smallest absolute Gasteiger partial charge is 0.335 e. The van der Waals surface area contributed by atoms with Crippen molar-refractivity contribution in [3.05, 3.63) is 65.4 Å². The summed E-state index contributed by atoms with van der Waals surface area (Å²) in [4.78, 5) is 11.3. The summed E-state index contributed by atoms with van der Waals surface area (Å²) in [6, 6.07) is 13.7. The first-order valence-corrected chi connectivity index (χ1v) is 7.77. The van der Waals surface area contributed by atoms with Gasteiger partial charge < -0.3 is 9.67 Å². The second-order valence-corrected chi connectivity index (χ2v) is 6.15. The average Bonchev–Trinajstić information content (AvgIpc) is 3.06. The molecule has 5 heteroatoms. The van der Waals surface area contributed by atoms with Gasteiger partial charge in [-0.3, -0.25) is 4.68 Å². The number of aromatic nitrogens is 3. The van der Waals surface area contributed by atoms with Crippen molar-refractivity contribution in [3.8, 4) is 0 Å². The highest BCUT2D eigenvalue weighted by Crippen LogP contribution is 2.29. The molecule has 0 bridgehead atoms. The first-order chi connectivity index (χ1) is 11.5. The van der Waals surface area contributed by atoms with Crippen LogP contribution in [0.3, 0.4) is 0 Å². The molecule has 0 aliphatic carbocycles. The van der Waals surface area contributed by atoms with Crippen molar-refractivity contribution in [2.24, 2.45) is 7.05 Å². The molecule has 0 spiro atoms. The van der Waals surface area contributed by atoms with E-state index in [1.54, 1.807) is 16.8 Å². The lowest BCUT2D eigenvalue weighted by atomic mass is 10.1. The Balaban J connectivity index is 1.94. The van der Waals surface area contributed by atoms with E-state index in [2.05, 4.69) is 40.9 Å². The summed E-state index contributed by atoms with van der Waals surface area (Å²) in [7, 11) is 1.88. The number of aromatic carboxylic acids is 1. The largest absolute Gasteiger partial charge is 0.478 e. The van der Waals surface area contributed by atoms with E-state index in [0.717, 1.165) is 21.9 Å². The van der Waals surface area contributed by atoms with Gasteiger partial charge in [-0.15, -0.1) is 0 Å². The predicted octanol–water partition coefficient (Wildman–Crippen LogP) is 3.58. The van der Waals surface area contributed by atoms with Crippen LogP contribution in [0.15, 0.2) is 48.7 Å². The van der Waals surface area contributed by atoms with E-state index in [1.807, 2.05) is 19.3 Å². The molecule has 0 aliphatic heterocycles. The van der Waals surface area contributed by atoms with Gasteiger partial charge in [0.2, 0.25) is 0 Å². The van der Waals surface area contributed by atoms with E-state index in [-0.39, 0.29) is 0 Å². The zero-order valence-corrected chi connectivity index (χ0v) is 13.5. The molecule has 0 saturated carbocycles. The number of benzene rings is 2. The summed E-state index contributed by atoms with van der Waals surface area (Å²) >= 11 is 0. The Morgan fingerprint density at radius 3 is 2.58 bits per heavy atom. The van der Waals surface area contributed by atoms with Crippen LogP contribution in [0.2, 0.25) is 0 Å². The minimum Gasteiger partial charge on any atom is -0.478 e. The third-order valence-corrected chi connectivity index (χ3v) is 4.35. The number of hydrogen-bond donors (Lipinski definition) is 1. The number of rotatable bonds is 3. The Hall–Kier alpha value is -3.08. The fourth-order valence-corrected chi connectivity index (χ4v) is 3.14. The van der Waals surface area contributed by atoms with E-state index < -0.39 is 5.97 Å². The van der Waals surface area contributed by atoms with Crippen LogP contribution in [-0.2, 0) is 13.6 Å². The maximum absolute atomic E-state index is 11.3. The third-order valence-electron chi connectivity index (χ3n) is 4.35. The van der Waals surface area contributed by atoms with Gasteiger partial charge in [-0.25, -0.2) is 4.79 Å². The maximum atomic E-state index is 11.3. The van der Waals surface area contributed by atoms with Crippen molar-refractivity contribution in [1.82, 2.24) is 14.3 Å². The molecule has 1 N–H and O–H groups in total. The first-order valence-electron chi connectivity index (χ1n) is 7.77.